The molecule has 1 amide bonds. The van der Waals surface area contributed by atoms with Crippen LogP contribution >= 0.6 is 11.3 Å². The molecule has 2 heterocycles. The number of amides is 1. The van der Waals surface area contributed by atoms with Gasteiger partial charge in [-0.05, 0) is 75.2 Å². The zero-order valence-corrected chi connectivity index (χ0v) is 19.0. The summed E-state index contributed by atoms with van der Waals surface area (Å²) in [4.78, 5) is 22.0. The molecule has 1 saturated heterocycles. The van der Waals surface area contributed by atoms with Crippen molar-refractivity contribution in [3.05, 3.63) is 58.6 Å². The highest BCUT2D eigenvalue weighted by atomic mass is 32.1. The summed E-state index contributed by atoms with van der Waals surface area (Å²) >= 11 is 1.80. The molecule has 0 atom stereocenters. The number of aromatic nitrogens is 1. The Bertz CT molecular complexity index is 1080. The molecule has 0 spiro atoms. The van der Waals surface area contributed by atoms with E-state index in [0.29, 0.717) is 25.4 Å². The minimum Gasteiger partial charge on any atom is -0.310 e. The molecule has 0 aliphatic carbocycles. The van der Waals surface area contributed by atoms with Crippen LogP contribution in [0.2, 0.25) is 0 Å². The average molecular weight is 433 g/mol. The smallest absolute Gasteiger partial charge is 0.241 e. The maximum absolute atomic E-state index is 13.1. The lowest BCUT2D eigenvalue weighted by Crippen LogP contribution is -2.43. The molecule has 0 bridgehead atoms. The minimum absolute atomic E-state index is 0.0666. The lowest BCUT2D eigenvalue weighted by molar-refractivity contribution is -0.120. The number of hydrogen-bond donors (Lipinski definition) is 0. The average Bonchev–Trinajstić information content (AvgIpc) is 3.21. The van der Waals surface area contributed by atoms with Crippen LogP contribution in [0.1, 0.15) is 41.3 Å². The zero-order chi connectivity index (χ0) is 21.8. The van der Waals surface area contributed by atoms with E-state index in [9.17, 15) is 4.79 Å². The van der Waals surface area contributed by atoms with Gasteiger partial charge in [0, 0.05) is 18.2 Å². The normalized spacial score (nSPS) is 15.1. The summed E-state index contributed by atoms with van der Waals surface area (Å²) in [6, 6.07) is 16.5. The fourth-order valence-electron chi connectivity index (χ4n) is 4.13. The van der Waals surface area contributed by atoms with E-state index in [1.165, 1.54) is 15.3 Å². The predicted molar refractivity (Wildman–Crippen MR) is 127 cm³/mol. The summed E-state index contributed by atoms with van der Waals surface area (Å²) in [5.74, 6) is 0.537. The molecule has 31 heavy (non-hydrogen) atoms. The summed E-state index contributed by atoms with van der Waals surface area (Å²) in [5.41, 5.74) is 4.33. The van der Waals surface area contributed by atoms with Gasteiger partial charge < -0.3 is 4.90 Å². The van der Waals surface area contributed by atoms with Crippen LogP contribution in [0, 0.1) is 25.2 Å². The number of piperidine rings is 1. The van der Waals surface area contributed by atoms with Crippen LogP contribution in [0.3, 0.4) is 0 Å². The van der Waals surface area contributed by atoms with E-state index in [2.05, 4.69) is 43.0 Å². The number of thiazole rings is 1. The molecule has 0 radical (unpaired) electrons. The number of rotatable bonds is 6. The summed E-state index contributed by atoms with van der Waals surface area (Å²) in [5, 5.41) is 10.3. The molecule has 0 saturated carbocycles. The highest BCUT2D eigenvalue weighted by Gasteiger charge is 2.26. The number of anilines is 1. The van der Waals surface area contributed by atoms with Crippen LogP contribution in [0.25, 0.3) is 10.2 Å². The molecule has 6 heteroatoms. The van der Waals surface area contributed by atoms with E-state index in [-0.39, 0.29) is 5.91 Å². The van der Waals surface area contributed by atoms with Crippen molar-refractivity contribution in [3.8, 4) is 6.07 Å². The van der Waals surface area contributed by atoms with Gasteiger partial charge in [0.1, 0.15) is 0 Å². The Hall–Kier alpha value is -2.75. The highest BCUT2D eigenvalue weighted by molar-refractivity contribution is 7.18. The number of para-hydroxylation sites is 1. The van der Waals surface area contributed by atoms with Gasteiger partial charge in [-0.1, -0.05) is 18.2 Å². The molecular formula is C25H28N4OS. The van der Waals surface area contributed by atoms with Crippen LogP contribution in [0.4, 0.5) is 5.69 Å². The van der Waals surface area contributed by atoms with Gasteiger partial charge in [0.05, 0.1) is 34.3 Å². The van der Waals surface area contributed by atoms with Gasteiger partial charge in [0.2, 0.25) is 5.91 Å². The third-order valence-corrected chi connectivity index (χ3v) is 7.36. The van der Waals surface area contributed by atoms with Crippen LogP contribution in [-0.4, -0.2) is 42.0 Å². The van der Waals surface area contributed by atoms with Crippen molar-refractivity contribution in [2.45, 2.75) is 39.0 Å². The van der Waals surface area contributed by atoms with Crippen LogP contribution in [-0.2, 0) is 4.79 Å². The molecule has 1 aromatic heterocycles. The largest absolute Gasteiger partial charge is 0.310 e. The van der Waals surface area contributed by atoms with Crippen molar-refractivity contribution in [2.75, 3.05) is 31.1 Å². The van der Waals surface area contributed by atoms with Gasteiger partial charge in [-0.2, -0.15) is 5.26 Å². The molecule has 0 N–H and O–H groups in total. The molecule has 0 unspecified atom stereocenters. The Labute approximate surface area is 187 Å². The lowest BCUT2D eigenvalue weighted by Gasteiger charge is -2.32. The molecular weight excluding hydrogens is 404 g/mol. The van der Waals surface area contributed by atoms with Gasteiger partial charge in [0.25, 0.3) is 0 Å². The number of carbonyl (C=O) groups excluding carboxylic acids is 1. The number of nitriles is 1. The maximum atomic E-state index is 13.1. The van der Waals surface area contributed by atoms with Crippen LogP contribution < -0.4 is 4.90 Å². The van der Waals surface area contributed by atoms with Gasteiger partial charge in [0.15, 0.2) is 0 Å². The highest BCUT2D eigenvalue weighted by Crippen LogP contribution is 2.33. The monoisotopic (exact) mass is 432 g/mol. The molecule has 160 valence electrons. The van der Waals surface area contributed by atoms with Crippen molar-refractivity contribution >= 4 is 33.1 Å². The van der Waals surface area contributed by atoms with E-state index in [1.807, 2.05) is 24.3 Å². The fourth-order valence-corrected chi connectivity index (χ4v) is 5.27. The first-order valence-corrected chi connectivity index (χ1v) is 11.7. The number of benzene rings is 2. The van der Waals surface area contributed by atoms with Crippen LogP contribution in [0.5, 0.6) is 0 Å². The van der Waals surface area contributed by atoms with E-state index in [1.54, 1.807) is 16.2 Å². The lowest BCUT2D eigenvalue weighted by atomic mass is 9.97. The number of hydrogen-bond acceptors (Lipinski definition) is 5. The van der Waals surface area contributed by atoms with E-state index >= 15 is 0 Å². The molecule has 1 fully saturated rings. The number of nitrogens with zero attached hydrogens (tertiary/aromatic N) is 4. The second-order valence-corrected chi connectivity index (χ2v) is 9.35. The SMILES string of the molecule is Cc1ccc(N(CCC#N)C(=O)CN2CCC(c3nc4ccccc4s3)CC2)cc1C. The Morgan fingerprint density at radius 3 is 2.68 bits per heavy atom. The second kappa shape index (κ2) is 9.59. The Morgan fingerprint density at radius 1 is 1.19 bits per heavy atom. The zero-order valence-electron chi connectivity index (χ0n) is 18.2. The summed E-state index contributed by atoms with van der Waals surface area (Å²) in [6.45, 7) is 6.73. The maximum Gasteiger partial charge on any atom is 0.241 e. The summed E-state index contributed by atoms with van der Waals surface area (Å²) in [7, 11) is 0. The Balaban J connectivity index is 1.39. The number of carbonyl (C=O) groups is 1. The molecule has 3 aromatic rings. The van der Waals surface area contributed by atoms with Crippen molar-refractivity contribution in [1.82, 2.24) is 9.88 Å². The third kappa shape index (κ3) is 4.95. The standard InChI is InChI=1S/C25H28N4OS/c1-18-8-9-21(16-19(18)2)29(13-5-12-26)24(30)17-28-14-10-20(11-15-28)25-27-22-6-3-4-7-23(22)31-25/h3-4,6-9,16,20H,5,10-11,13-15,17H2,1-2H3. The quantitative estimate of drug-likeness (QED) is 0.547. The first kappa shape index (κ1) is 21.5. The van der Waals surface area contributed by atoms with Crippen molar-refractivity contribution < 1.29 is 4.79 Å². The van der Waals surface area contributed by atoms with E-state index in [4.69, 9.17) is 10.2 Å². The van der Waals surface area contributed by atoms with Crippen LogP contribution in [0.15, 0.2) is 42.5 Å². The molecule has 4 rings (SSSR count). The predicted octanol–water partition coefficient (Wildman–Crippen LogP) is 5.04. The Kier molecular flexibility index (Phi) is 6.64. The first-order valence-electron chi connectivity index (χ1n) is 10.9. The summed E-state index contributed by atoms with van der Waals surface area (Å²) in [6.07, 6.45) is 2.38. The number of likely N-dealkylation sites (tertiary alicyclic amines) is 1. The molecule has 5 nitrogen and oxygen atoms in total. The minimum atomic E-state index is 0.0666. The summed E-state index contributed by atoms with van der Waals surface area (Å²) < 4.78 is 1.25. The Morgan fingerprint density at radius 2 is 1.97 bits per heavy atom. The third-order valence-electron chi connectivity index (χ3n) is 6.16. The molecule has 1 aliphatic rings. The number of fused-ring (bicyclic) bond motifs is 1. The number of aryl methyl sites for hydroxylation is 2. The molecule has 1 aliphatic heterocycles. The van der Waals surface area contributed by atoms with Crippen molar-refractivity contribution in [2.24, 2.45) is 0 Å². The topological polar surface area (TPSA) is 60.2 Å². The van der Waals surface area contributed by atoms with Gasteiger partial charge in [-0.15, -0.1) is 11.3 Å². The van der Waals surface area contributed by atoms with Gasteiger partial charge >= 0.3 is 0 Å². The molecule has 2 aromatic carbocycles. The first-order chi connectivity index (χ1) is 15.0. The van der Waals surface area contributed by atoms with Crippen molar-refractivity contribution in [3.63, 3.8) is 0 Å². The fraction of sp³-hybridized carbons (Fsp3) is 0.400. The van der Waals surface area contributed by atoms with E-state index < -0.39 is 0 Å². The van der Waals surface area contributed by atoms with Gasteiger partial charge in [-0.3, -0.25) is 9.69 Å². The van der Waals surface area contributed by atoms with E-state index in [0.717, 1.165) is 42.7 Å². The van der Waals surface area contributed by atoms with Gasteiger partial charge in [-0.25, -0.2) is 4.98 Å². The van der Waals surface area contributed by atoms with Crippen molar-refractivity contribution in [1.29, 1.82) is 5.26 Å². The second-order valence-electron chi connectivity index (χ2n) is 8.29.